The zero-order chi connectivity index (χ0) is 14.0. The van der Waals surface area contributed by atoms with Crippen LogP contribution in [0.15, 0.2) is 9.59 Å². The first-order chi connectivity index (χ1) is 9.04. The Hall–Kier alpha value is -1.03. The van der Waals surface area contributed by atoms with Crippen LogP contribution in [0.2, 0.25) is 5.15 Å². The summed E-state index contributed by atoms with van der Waals surface area (Å²) in [5, 5.41) is 0.190. The topological polar surface area (TPSA) is 54.9 Å². The number of nitrogens with zero attached hydrogens (tertiary/aromatic N) is 1. The van der Waals surface area contributed by atoms with Crippen LogP contribution in [0, 0.1) is 5.92 Å². The lowest BCUT2D eigenvalue weighted by molar-refractivity contribution is 0.406. The molecule has 1 aromatic heterocycles. The van der Waals surface area contributed by atoms with E-state index in [-0.39, 0.29) is 22.4 Å². The van der Waals surface area contributed by atoms with E-state index in [2.05, 4.69) is 11.9 Å². The zero-order valence-electron chi connectivity index (χ0n) is 11.5. The number of hydrogen-bond acceptors (Lipinski definition) is 2. The third-order valence-electron chi connectivity index (χ3n) is 4.12. The molecule has 4 nitrogen and oxygen atoms in total. The SMILES string of the molecule is CCc1c(Cl)[nH]c(=O)n(C2CCCC(C)CC2)c1=O. The van der Waals surface area contributed by atoms with E-state index in [0.29, 0.717) is 17.9 Å². The standard InChI is InChI=1S/C14H21ClN2O2/c1-3-11-12(15)16-14(19)17(13(11)18)10-6-4-5-9(2)7-8-10/h9-10H,3-8H2,1-2H3,(H,16,19). The summed E-state index contributed by atoms with van der Waals surface area (Å²) in [7, 11) is 0. The van der Waals surface area contributed by atoms with Crippen LogP contribution in [-0.4, -0.2) is 9.55 Å². The molecular weight excluding hydrogens is 264 g/mol. The summed E-state index contributed by atoms with van der Waals surface area (Å²) in [5.41, 5.74) is -0.0684. The number of aromatic nitrogens is 2. The second-order valence-corrected chi connectivity index (χ2v) is 5.90. The highest BCUT2D eigenvalue weighted by molar-refractivity contribution is 6.30. The number of hydrogen-bond donors (Lipinski definition) is 1. The Balaban J connectivity index is 2.44. The molecule has 0 bridgehead atoms. The van der Waals surface area contributed by atoms with Crippen molar-refractivity contribution < 1.29 is 0 Å². The number of nitrogens with one attached hydrogen (secondary N) is 1. The minimum absolute atomic E-state index is 0.0174. The van der Waals surface area contributed by atoms with E-state index in [9.17, 15) is 9.59 Å². The molecule has 1 aliphatic carbocycles. The summed E-state index contributed by atoms with van der Waals surface area (Å²) in [4.78, 5) is 27.0. The van der Waals surface area contributed by atoms with Gasteiger partial charge in [0.1, 0.15) is 5.15 Å². The summed E-state index contributed by atoms with van der Waals surface area (Å²) >= 11 is 5.93. The van der Waals surface area contributed by atoms with Crippen molar-refractivity contribution in [3.63, 3.8) is 0 Å². The molecule has 1 heterocycles. The van der Waals surface area contributed by atoms with Gasteiger partial charge in [0.25, 0.3) is 5.56 Å². The van der Waals surface area contributed by atoms with Gasteiger partial charge in [-0.15, -0.1) is 0 Å². The Labute approximate surface area is 117 Å². The maximum Gasteiger partial charge on any atom is 0.329 e. The highest BCUT2D eigenvalue weighted by Gasteiger charge is 2.22. The van der Waals surface area contributed by atoms with Gasteiger partial charge < -0.3 is 0 Å². The Morgan fingerprint density at radius 3 is 2.68 bits per heavy atom. The van der Waals surface area contributed by atoms with Crippen LogP contribution in [0.4, 0.5) is 0 Å². The van der Waals surface area contributed by atoms with Crippen molar-refractivity contribution in [2.45, 2.75) is 58.4 Å². The monoisotopic (exact) mass is 284 g/mol. The fraction of sp³-hybridized carbons (Fsp3) is 0.714. The van der Waals surface area contributed by atoms with Crippen molar-refractivity contribution >= 4 is 11.6 Å². The first kappa shape index (κ1) is 14.4. The molecule has 0 aromatic carbocycles. The van der Waals surface area contributed by atoms with E-state index < -0.39 is 0 Å². The fourth-order valence-electron chi connectivity index (χ4n) is 2.92. The number of rotatable bonds is 2. The van der Waals surface area contributed by atoms with E-state index in [1.807, 2.05) is 6.92 Å². The van der Waals surface area contributed by atoms with Crippen LogP contribution in [0.3, 0.4) is 0 Å². The Morgan fingerprint density at radius 2 is 2.00 bits per heavy atom. The van der Waals surface area contributed by atoms with Gasteiger partial charge in [-0.2, -0.15) is 0 Å². The molecule has 1 aromatic rings. The fourth-order valence-corrected chi connectivity index (χ4v) is 3.22. The largest absolute Gasteiger partial charge is 0.329 e. The molecule has 1 aliphatic rings. The second kappa shape index (κ2) is 5.95. The van der Waals surface area contributed by atoms with Crippen molar-refractivity contribution in [2.24, 2.45) is 5.92 Å². The van der Waals surface area contributed by atoms with Gasteiger partial charge in [-0.1, -0.05) is 38.3 Å². The predicted octanol–water partition coefficient (Wildman–Crippen LogP) is 2.89. The second-order valence-electron chi connectivity index (χ2n) is 5.52. The summed E-state index contributed by atoms with van der Waals surface area (Å²) in [5.74, 6) is 0.678. The minimum atomic E-state index is -0.369. The Morgan fingerprint density at radius 1 is 1.26 bits per heavy atom. The van der Waals surface area contributed by atoms with Crippen LogP contribution in [0.1, 0.15) is 57.6 Å². The Bertz CT molecular complexity index is 562. The number of H-pyrrole nitrogens is 1. The van der Waals surface area contributed by atoms with Crippen LogP contribution in [-0.2, 0) is 6.42 Å². The van der Waals surface area contributed by atoms with Crippen molar-refractivity contribution in [3.05, 3.63) is 31.6 Å². The first-order valence-corrected chi connectivity index (χ1v) is 7.45. The molecule has 1 saturated carbocycles. The molecule has 1 N–H and O–H groups in total. The summed E-state index contributed by atoms with van der Waals surface area (Å²) in [6.45, 7) is 4.11. The molecule has 2 rings (SSSR count). The Kier molecular flexibility index (Phi) is 4.50. The van der Waals surface area contributed by atoms with Gasteiger partial charge in [-0.25, -0.2) is 4.79 Å². The molecule has 106 valence electrons. The highest BCUT2D eigenvalue weighted by Crippen LogP contribution is 2.28. The molecular formula is C14H21ClN2O2. The lowest BCUT2D eigenvalue weighted by Gasteiger charge is -2.17. The van der Waals surface area contributed by atoms with Gasteiger partial charge in [-0.05, 0) is 31.6 Å². The van der Waals surface area contributed by atoms with Crippen molar-refractivity contribution in [1.29, 1.82) is 0 Å². The molecule has 0 radical (unpaired) electrons. The normalized spacial score (nSPS) is 24.2. The maximum atomic E-state index is 12.4. The molecule has 0 aliphatic heterocycles. The molecule has 0 saturated heterocycles. The maximum absolute atomic E-state index is 12.4. The zero-order valence-corrected chi connectivity index (χ0v) is 12.3. The van der Waals surface area contributed by atoms with E-state index in [1.165, 1.54) is 11.0 Å². The molecule has 2 atom stereocenters. The van der Waals surface area contributed by atoms with Gasteiger partial charge in [0, 0.05) is 6.04 Å². The number of halogens is 1. The quantitative estimate of drug-likeness (QED) is 0.671. The first-order valence-electron chi connectivity index (χ1n) is 7.07. The number of aromatic amines is 1. The summed E-state index contributed by atoms with van der Waals surface area (Å²) < 4.78 is 1.39. The average molecular weight is 285 g/mol. The van der Waals surface area contributed by atoms with Crippen molar-refractivity contribution in [1.82, 2.24) is 9.55 Å². The smallest absolute Gasteiger partial charge is 0.297 e. The third kappa shape index (κ3) is 2.94. The van der Waals surface area contributed by atoms with Crippen LogP contribution in [0.5, 0.6) is 0 Å². The van der Waals surface area contributed by atoms with Gasteiger partial charge in [0.2, 0.25) is 0 Å². The van der Waals surface area contributed by atoms with Crippen molar-refractivity contribution in [2.75, 3.05) is 0 Å². The van der Waals surface area contributed by atoms with E-state index in [0.717, 1.165) is 25.7 Å². The molecule has 0 spiro atoms. The van der Waals surface area contributed by atoms with Crippen LogP contribution in [0.25, 0.3) is 0 Å². The van der Waals surface area contributed by atoms with Gasteiger partial charge >= 0.3 is 5.69 Å². The highest BCUT2D eigenvalue weighted by atomic mass is 35.5. The van der Waals surface area contributed by atoms with Gasteiger partial charge in [-0.3, -0.25) is 14.3 Å². The van der Waals surface area contributed by atoms with Crippen molar-refractivity contribution in [3.8, 4) is 0 Å². The summed E-state index contributed by atoms with van der Waals surface area (Å²) in [6, 6.07) is 0.0174. The lowest BCUT2D eigenvalue weighted by Crippen LogP contribution is -2.40. The summed E-state index contributed by atoms with van der Waals surface area (Å²) in [6.07, 6.45) is 5.66. The molecule has 19 heavy (non-hydrogen) atoms. The minimum Gasteiger partial charge on any atom is -0.297 e. The molecule has 5 heteroatoms. The van der Waals surface area contributed by atoms with E-state index in [4.69, 9.17) is 11.6 Å². The van der Waals surface area contributed by atoms with Crippen LogP contribution < -0.4 is 11.2 Å². The molecule has 2 unspecified atom stereocenters. The molecule has 1 fully saturated rings. The van der Waals surface area contributed by atoms with Gasteiger partial charge in [0.05, 0.1) is 5.56 Å². The third-order valence-corrected chi connectivity index (χ3v) is 4.45. The van der Waals surface area contributed by atoms with Crippen LogP contribution >= 0.6 is 11.6 Å². The lowest BCUT2D eigenvalue weighted by atomic mass is 10.0. The predicted molar refractivity (Wildman–Crippen MR) is 77.0 cm³/mol. The average Bonchev–Trinajstić information content (AvgIpc) is 2.55. The van der Waals surface area contributed by atoms with E-state index in [1.54, 1.807) is 0 Å². The van der Waals surface area contributed by atoms with Gasteiger partial charge in [0.15, 0.2) is 0 Å². The van der Waals surface area contributed by atoms with E-state index >= 15 is 0 Å². The molecule has 0 amide bonds.